The van der Waals surface area contributed by atoms with Gasteiger partial charge in [0.15, 0.2) is 14.1 Å². The molecular weight excluding hydrogens is 609 g/mol. The smallest absolute Gasteiger partial charge is 0.416 e. The van der Waals surface area contributed by atoms with Crippen molar-refractivity contribution in [3.63, 3.8) is 0 Å². The van der Waals surface area contributed by atoms with Crippen molar-refractivity contribution < 1.29 is 23.5 Å². The van der Waals surface area contributed by atoms with Crippen molar-refractivity contribution in [3.8, 4) is 5.75 Å². The maximum absolute atomic E-state index is 14.0. The molecule has 2 aliphatic rings. The fourth-order valence-corrected chi connectivity index (χ4v) is 6.64. The minimum atomic E-state index is -2.35. The highest BCUT2D eigenvalue weighted by Crippen LogP contribution is 2.48. The Morgan fingerprint density at radius 2 is 1.92 bits per heavy atom. The molecule has 0 aromatic heterocycles. The number of alkyl halides is 1. The summed E-state index contributed by atoms with van der Waals surface area (Å²) in [6.45, 7) is 19.3. The zero-order valence-corrected chi connectivity index (χ0v) is 27.2. The number of benzene rings is 1. The Kier molecular flexibility index (Phi) is 10.3. The predicted octanol–water partition coefficient (Wildman–Crippen LogP) is 8.23. The van der Waals surface area contributed by atoms with Crippen LogP contribution >= 0.6 is 22.6 Å². The fraction of sp³-hybridized carbons (Fsp3) is 0.600. The molecule has 1 aliphatic heterocycles. The molecule has 8 heteroatoms. The molecular formula is C30H44INO5Si. The van der Waals surface area contributed by atoms with Gasteiger partial charge in [-0.3, -0.25) is 9.69 Å². The molecule has 1 amide bonds. The number of hydrogen-bond acceptors (Lipinski definition) is 5. The number of aryl methyl sites for hydroxylation is 1. The van der Waals surface area contributed by atoms with Crippen LogP contribution in [0.2, 0.25) is 18.1 Å². The fourth-order valence-electron chi connectivity index (χ4n) is 4.86. The van der Waals surface area contributed by atoms with Crippen molar-refractivity contribution in [2.75, 3.05) is 22.5 Å². The number of ketones is 1. The lowest BCUT2D eigenvalue weighted by Gasteiger charge is -2.44. The molecule has 6 nitrogen and oxygen atoms in total. The van der Waals surface area contributed by atoms with Crippen molar-refractivity contribution in [1.82, 2.24) is 0 Å². The third-order valence-corrected chi connectivity index (χ3v) is 13.2. The van der Waals surface area contributed by atoms with E-state index in [0.29, 0.717) is 30.0 Å². The summed E-state index contributed by atoms with van der Waals surface area (Å²) in [5.74, 6) is 0.136. The molecule has 0 bridgehead atoms. The van der Waals surface area contributed by atoms with Gasteiger partial charge in [-0.05, 0) is 73.7 Å². The van der Waals surface area contributed by atoms with Crippen LogP contribution in [-0.4, -0.2) is 44.1 Å². The van der Waals surface area contributed by atoms with E-state index in [4.69, 9.17) is 13.9 Å². The molecule has 0 saturated carbocycles. The van der Waals surface area contributed by atoms with Gasteiger partial charge in [-0.15, -0.1) is 0 Å². The first-order valence-electron chi connectivity index (χ1n) is 13.6. The van der Waals surface area contributed by atoms with Gasteiger partial charge in [0, 0.05) is 23.5 Å². The quantitative estimate of drug-likeness (QED) is 0.0837. The van der Waals surface area contributed by atoms with Crippen molar-refractivity contribution in [1.29, 1.82) is 0 Å². The number of ether oxygens (including phenoxy) is 2. The van der Waals surface area contributed by atoms with Crippen LogP contribution in [0.3, 0.4) is 0 Å². The maximum atomic E-state index is 14.0. The zero-order valence-electron chi connectivity index (χ0n) is 24.1. The minimum absolute atomic E-state index is 0.0152. The molecule has 0 N–H and O–H groups in total. The van der Waals surface area contributed by atoms with E-state index in [1.54, 1.807) is 11.0 Å². The van der Waals surface area contributed by atoms with Crippen molar-refractivity contribution in [3.05, 3.63) is 47.6 Å². The molecule has 0 spiro atoms. The van der Waals surface area contributed by atoms with Gasteiger partial charge in [-0.2, -0.15) is 0 Å². The molecule has 3 rings (SSSR count). The standard InChI is InChI=1S/C30H44INO5Si/c1-9-14-36-29(34)32-25-19-26(35-15-12-10-11-13-31)21(3)18-24(25)27(33)22-16-20(2)17-23(22)28(32)37-38(7,8)30(4,5)6/h9,16,18-19,22-23,28H,1,10-15,17H2,2-8H3/t22?,23-,28+/m1/s1. The average Bonchev–Trinajstić information content (AvgIpc) is 3.20. The van der Waals surface area contributed by atoms with Gasteiger partial charge in [-0.1, -0.05) is 67.7 Å². The summed E-state index contributed by atoms with van der Waals surface area (Å²) < 4.78 is 19.9. The molecule has 1 heterocycles. The van der Waals surface area contributed by atoms with Crippen molar-refractivity contribution in [2.24, 2.45) is 11.8 Å². The normalized spacial score (nSPS) is 21.4. The summed E-state index contributed by atoms with van der Waals surface area (Å²) in [4.78, 5) is 29.4. The number of anilines is 1. The monoisotopic (exact) mass is 653 g/mol. The number of halogens is 1. The van der Waals surface area contributed by atoms with Crippen molar-refractivity contribution in [2.45, 2.75) is 84.7 Å². The SMILES string of the molecule is C=CCOC(=O)N1c2cc(OCCCCCI)c(C)cc2C(=O)C2C=C(C)C[C@H]2[C@@H]1O[Si](C)(C)C(C)(C)C. The van der Waals surface area contributed by atoms with Crippen LogP contribution in [0.1, 0.15) is 69.3 Å². The molecule has 0 fully saturated rings. The highest BCUT2D eigenvalue weighted by atomic mass is 127. The summed E-state index contributed by atoms with van der Waals surface area (Å²) in [5.41, 5.74) is 3.03. The first kappa shape index (κ1) is 30.9. The number of nitrogens with zero attached hydrogens (tertiary/aromatic N) is 1. The number of carbonyl (C=O) groups excluding carboxylic acids is 2. The number of amides is 1. The van der Waals surface area contributed by atoms with Gasteiger partial charge in [0.2, 0.25) is 0 Å². The van der Waals surface area contributed by atoms with Crippen molar-refractivity contribution >= 4 is 48.5 Å². The molecule has 38 heavy (non-hydrogen) atoms. The Morgan fingerprint density at radius 1 is 1.21 bits per heavy atom. The van der Waals surface area contributed by atoms with Crippen LogP contribution in [-0.2, 0) is 9.16 Å². The molecule has 1 aliphatic carbocycles. The Balaban J connectivity index is 2.15. The predicted molar refractivity (Wildman–Crippen MR) is 165 cm³/mol. The lowest BCUT2D eigenvalue weighted by molar-refractivity contribution is 0.0717. The van der Waals surface area contributed by atoms with E-state index in [-0.39, 0.29) is 29.3 Å². The Bertz CT molecular complexity index is 1080. The zero-order chi connectivity index (χ0) is 28.3. The van der Waals surface area contributed by atoms with Crippen LogP contribution in [0.25, 0.3) is 0 Å². The number of Topliss-reactive ketones (excluding diaryl/α,β-unsaturated/α-hetero) is 1. The summed E-state index contributed by atoms with van der Waals surface area (Å²) >= 11 is 2.39. The number of carbonyl (C=O) groups is 2. The van der Waals surface area contributed by atoms with E-state index in [1.807, 2.05) is 26.0 Å². The van der Waals surface area contributed by atoms with Crippen LogP contribution < -0.4 is 9.64 Å². The largest absolute Gasteiger partial charge is 0.493 e. The van der Waals surface area contributed by atoms with Gasteiger partial charge in [-0.25, -0.2) is 4.79 Å². The van der Waals surface area contributed by atoms with E-state index >= 15 is 0 Å². The molecule has 3 atom stereocenters. The lowest BCUT2D eigenvalue weighted by Crippen LogP contribution is -2.54. The van der Waals surface area contributed by atoms with E-state index in [0.717, 1.165) is 34.8 Å². The Labute approximate surface area is 243 Å². The highest BCUT2D eigenvalue weighted by molar-refractivity contribution is 14.1. The molecule has 1 unspecified atom stereocenters. The molecule has 1 aromatic carbocycles. The van der Waals surface area contributed by atoms with E-state index in [1.165, 1.54) is 0 Å². The molecule has 0 saturated heterocycles. The maximum Gasteiger partial charge on any atom is 0.416 e. The lowest BCUT2D eigenvalue weighted by atomic mass is 9.88. The van der Waals surface area contributed by atoms with Gasteiger partial charge in [0.25, 0.3) is 0 Å². The summed E-state index contributed by atoms with van der Waals surface area (Å²) in [6.07, 6.45) is 6.33. The Morgan fingerprint density at radius 3 is 2.55 bits per heavy atom. The summed E-state index contributed by atoms with van der Waals surface area (Å²) in [6, 6.07) is 3.72. The average molecular weight is 654 g/mol. The number of fused-ring (bicyclic) bond motifs is 2. The van der Waals surface area contributed by atoms with Gasteiger partial charge < -0.3 is 13.9 Å². The van der Waals surface area contributed by atoms with E-state index in [2.05, 4.69) is 69.1 Å². The Hall–Kier alpha value is -1.65. The summed E-state index contributed by atoms with van der Waals surface area (Å²) in [7, 11) is -2.35. The second-order valence-electron chi connectivity index (χ2n) is 12.0. The number of allylic oxidation sites excluding steroid dienone is 2. The van der Waals surface area contributed by atoms with Gasteiger partial charge in [0.1, 0.15) is 18.6 Å². The number of hydrogen-bond donors (Lipinski definition) is 0. The first-order chi connectivity index (χ1) is 17.8. The van der Waals surface area contributed by atoms with Crippen LogP contribution in [0.5, 0.6) is 5.75 Å². The second-order valence-corrected chi connectivity index (χ2v) is 17.8. The third-order valence-electron chi connectivity index (χ3n) is 8.00. The first-order valence-corrected chi connectivity index (χ1v) is 18.1. The van der Waals surface area contributed by atoms with Gasteiger partial charge in [0.05, 0.1) is 12.3 Å². The van der Waals surface area contributed by atoms with Crippen LogP contribution in [0, 0.1) is 18.8 Å². The number of unbranched alkanes of at least 4 members (excludes halogenated alkanes) is 2. The minimum Gasteiger partial charge on any atom is -0.493 e. The van der Waals surface area contributed by atoms with Gasteiger partial charge >= 0.3 is 6.09 Å². The second kappa shape index (κ2) is 12.7. The van der Waals surface area contributed by atoms with Crippen LogP contribution in [0.15, 0.2) is 36.4 Å². The van der Waals surface area contributed by atoms with Crippen LogP contribution in [0.4, 0.5) is 10.5 Å². The highest BCUT2D eigenvalue weighted by Gasteiger charge is 2.51. The van der Waals surface area contributed by atoms with E-state index in [9.17, 15) is 9.59 Å². The molecule has 1 aromatic rings. The third kappa shape index (κ3) is 6.73. The number of rotatable bonds is 10. The molecule has 210 valence electrons. The topological polar surface area (TPSA) is 65.1 Å². The molecule has 0 radical (unpaired) electrons. The van der Waals surface area contributed by atoms with E-state index < -0.39 is 20.6 Å². The summed E-state index contributed by atoms with van der Waals surface area (Å²) in [5, 5.41) is -0.0844.